The molecule has 1 fully saturated rings. The zero-order valence-corrected chi connectivity index (χ0v) is 21.3. The zero-order valence-electron chi connectivity index (χ0n) is 20.6. The standard InChI is InChI=1S/C26H31ClN6O3/c1-3-5-13-36-26(35)31-18-7-6-12-33(16-18)23-11-8-17(14-29-23)30-24-19(21(34)4-2)15-28-20-9-10-22(27)32-25(20)24/h8-11,14-15,18H,3-7,12-13,16H2,1-2H3,(H,28,30)(H,31,35)/t18-/m1/s1. The van der Waals surface area contributed by atoms with Crippen molar-refractivity contribution in [2.75, 3.05) is 29.9 Å². The summed E-state index contributed by atoms with van der Waals surface area (Å²) in [6.07, 6.45) is 6.97. The number of hydrogen-bond donors (Lipinski definition) is 2. The van der Waals surface area contributed by atoms with E-state index in [0.717, 1.165) is 38.0 Å². The molecule has 10 heteroatoms. The second kappa shape index (κ2) is 12.0. The number of nitrogens with zero attached hydrogens (tertiary/aromatic N) is 4. The minimum absolute atomic E-state index is 0.00842. The van der Waals surface area contributed by atoms with Gasteiger partial charge in [0.05, 0.1) is 35.3 Å². The maximum absolute atomic E-state index is 12.6. The second-order valence-corrected chi connectivity index (χ2v) is 9.16. The number of nitrogens with one attached hydrogen (secondary N) is 2. The van der Waals surface area contributed by atoms with E-state index in [9.17, 15) is 9.59 Å². The SMILES string of the molecule is CCCCOC(=O)N[C@@H]1CCCN(c2ccc(Nc3c(C(=O)CC)cnc4ccc(Cl)nc34)cn2)C1. The van der Waals surface area contributed by atoms with E-state index < -0.39 is 0 Å². The predicted molar refractivity (Wildman–Crippen MR) is 141 cm³/mol. The van der Waals surface area contributed by atoms with Gasteiger partial charge in [0, 0.05) is 31.7 Å². The molecule has 4 rings (SSSR count). The van der Waals surface area contributed by atoms with Crippen LogP contribution in [0.4, 0.5) is 22.0 Å². The first-order chi connectivity index (χ1) is 17.5. The summed E-state index contributed by atoms with van der Waals surface area (Å²) in [4.78, 5) is 40.2. The minimum Gasteiger partial charge on any atom is -0.450 e. The van der Waals surface area contributed by atoms with E-state index in [1.807, 2.05) is 19.1 Å². The van der Waals surface area contributed by atoms with Gasteiger partial charge in [-0.2, -0.15) is 0 Å². The number of aromatic nitrogens is 3. The third-order valence-corrected chi connectivity index (χ3v) is 6.33. The van der Waals surface area contributed by atoms with Gasteiger partial charge in [-0.15, -0.1) is 0 Å². The normalized spacial score (nSPS) is 15.5. The molecule has 3 aromatic rings. The van der Waals surface area contributed by atoms with Crippen molar-refractivity contribution in [3.05, 3.63) is 47.4 Å². The van der Waals surface area contributed by atoms with Crippen LogP contribution in [-0.4, -0.2) is 52.6 Å². The first kappa shape index (κ1) is 25.6. The number of carbonyl (C=O) groups excluding carboxylic acids is 2. The molecule has 0 spiro atoms. The van der Waals surface area contributed by atoms with Crippen molar-refractivity contribution < 1.29 is 14.3 Å². The maximum atomic E-state index is 12.6. The van der Waals surface area contributed by atoms with E-state index in [4.69, 9.17) is 16.3 Å². The Morgan fingerprint density at radius 1 is 1.17 bits per heavy atom. The molecule has 1 aliphatic rings. The molecule has 0 unspecified atom stereocenters. The molecule has 3 aromatic heterocycles. The lowest BCUT2D eigenvalue weighted by molar-refractivity contribution is 0.0988. The first-order valence-corrected chi connectivity index (χ1v) is 12.8. The molecule has 1 amide bonds. The summed E-state index contributed by atoms with van der Waals surface area (Å²) < 4.78 is 5.24. The predicted octanol–water partition coefficient (Wildman–Crippen LogP) is 5.51. The lowest BCUT2D eigenvalue weighted by Crippen LogP contribution is -2.48. The minimum atomic E-state index is -0.362. The smallest absolute Gasteiger partial charge is 0.407 e. The third kappa shape index (κ3) is 6.20. The lowest BCUT2D eigenvalue weighted by Gasteiger charge is -2.33. The Balaban J connectivity index is 1.48. The number of alkyl carbamates (subject to hydrolysis) is 1. The summed E-state index contributed by atoms with van der Waals surface area (Å²) in [6.45, 7) is 5.83. The first-order valence-electron chi connectivity index (χ1n) is 12.4. The molecule has 190 valence electrons. The molecular weight excluding hydrogens is 480 g/mol. The molecule has 1 aliphatic heterocycles. The average molecular weight is 511 g/mol. The number of rotatable bonds is 9. The van der Waals surface area contributed by atoms with E-state index in [2.05, 4.69) is 37.4 Å². The molecule has 0 radical (unpaired) electrons. The molecule has 9 nitrogen and oxygen atoms in total. The summed E-state index contributed by atoms with van der Waals surface area (Å²) in [5, 5.41) is 6.60. The topological polar surface area (TPSA) is 109 Å². The van der Waals surface area contributed by atoms with Gasteiger partial charge in [0.1, 0.15) is 16.5 Å². The summed E-state index contributed by atoms with van der Waals surface area (Å²) in [5.41, 5.74) is 2.90. The van der Waals surface area contributed by atoms with Gasteiger partial charge in [0.15, 0.2) is 5.78 Å². The molecule has 1 saturated heterocycles. The van der Waals surface area contributed by atoms with Crippen molar-refractivity contribution in [3.63, 3.8) is 0 Å². The van der Waals surface area contributed by atoms with E-state index in [-0.39, 0.29) is 17.9 Å². The highest BCUT2D eigenvalue weighted by Gasteiger charge is 2.23. The summed E-state index contributed by atoms with van der Waals surface area (Å²) in [7, 11) is 0. The van der Waals surface area contributed by atoms with E-state index >= 15 is 0 Å². The summed E-state index contributed by atoms with van der Waals surface area (Å²) >= 11 is 6.14. The van der Waals surface area contributed by atoms with Gasteiger partial charge in [0.2, 0.25) is 0 Å². The fraction of sp³-hybridized carbons (Fsp3) is 0.423. The molecule has 0 aliphatic carbocycles. The van der Waals surface area contributed by atoms with Crippen molar-refractivity contribution in [1.29, 1.82) is 0 Å². The fourth-order valence-corrected chi connectivity index (χ4v) is 4.33. The van der Waals surface area contributed by atoms with Gasteiger partial charge in [-0.25, -0.2) is 14.8 Å². The van der Waals surface area contributed by atoms with Gasteiger partial charge < -0.3 is 20.3 Å². The Morgan fingerprint density at radius 2 is 2.03 bits per heavy atom. The van der Waals surface area contributed by atoms with Gasteiger partial charge in [-0.3, -0.25) is 9.78 Å². The zero-order chi connectivity index (χ0) is 25.5. The number of Topliss-reactive ketones (excluding diaryl/α,β-unsaturated/α-hetero) is 1. The summed E-state index contributed by atoms with van der Waals surface area (Å²) in [6, 6.07) is 7.29. The van der Waals surface area contributed by atoms with E-state index in [1.54, 1.807) is 24.5 Å². The Labute approximate surface area is 215 Å². The van der Waals surface area contributed by atoms with Crippen molar-refractivity contribution in [3.8, 4) is 0 Å². The highest BCUT2D eigenvalue weighted by Crippen LogP contribution is 2.30. The molecule has 36 heavy (non-hydrogen) atoms. The van der Waals surface area contributed by atoms with Gasteiger partial charge in [-0.1, -0.05) is 31.9 Å². The van der Waals surface area contributed by atoms with Crippen LogP contribution in [-0.2, 0) is 4.74 Å². The number of unbranched alkanes of at least 4 members (excludes halogenated alkanes) is 1. The van der Waals surface area contributed by atoms with Gasteiger partial charge in [-0.05, 0) is 43.5 Å². The highest BCUT2D eigenvalue weighted by molar-refractivity contribution is 6.30. The number of anilines is 3. The number of halogens is 1. The number of ketones is 1. The number of ether oxygens (including phenoxy) is 1. The number of fused-ring (bicyclic) bond motifs is 1. The maximum Gasteiger partial charge on any atom is 0.407 e. The molecular formula is C26H31ClN6O3. The third-order valence-electron chi connectivity index (χ3n) is 6.12. The van der Waals surface area contributed by atoms with Crippen LogP contribution in [0.2, 0.25) is 5.15 Å². The fourth-order valence-electron chi connectivity index (χ4n) is 4.18. The molecule has 0 aromatic carbocycles. The molecule has 0 bridgehead atoms. The second-order valence-electron chi connectivity index (χ2n) is 8.77. The van der Waals surface area contributed by atoms with Crippen LogP contribution in [0.5, 0.6) is 0 Å². The summed E-state index contributed by atoms with van der Waals surface area (Å²) in [5.74, 6) is 0.773. The Bertz CT molecular complexity index is 1220. The number of amides is 1. The van der Waals surface area contributed by atoms with E-state index in [1.165, 1.54) is 0 Å². The lowest BCUT2D eigenvalue weighted by atomic mass is 10.1. The largest absolute Gasteiger partial charge is 0.450 e. The van der Waals surface area contributed by atoms with Gasteiger partial charge in [0.25, 0.3) is 0 Å². The average Bonchev–Trinajstić information content (AvgIpc) is 2.89. The molecule has 2 N–H and O–H groups in total. The van der Waals surface area contributed by atoms with Crippen LogP contribution < -0.4 is 15.5 Å². The number of piperidine rings is 1. The van der Waals surface area contributed by atoms with Crippen LogP contribution in [0.15, 0.2) is 36.7 Å². The van der Waals surface area contributed by atoms with E-state index in [0.29, 0.717) is 52.7 Å². The van der Waals surface area contributed by atoms with Crippen molar-refractivity contribution in [1.82, 2.24) is 20.3 Å². The molecule has 1 atom stereocenters. The monoisotopic (exact) mass is 510 g/mol. The van der Waals surface area contributed by atoms with Gasteiger partial charge >= 0.3 is 6.09 Å². The quantitative estimate of drug-likeness (QED) is 0.220. The van der Waals surface area contributed by atoms with Crippen molar-refractivity contribution in [2.24, 2.45) is 0 Å². The van der Waals surface area contributed by atoms with Crippen LogP contribution in [0, 0.1) is 0 Å². The van der Waals surface area contributed by atoms with Crippen molar-refractivity contribution in [2.45, 2.75) is 52.0 Å². The van der Waals surface area contributed by atoms with Crippen LogP contribution in [0.25, 0.3) is 11.0 Å². The van der Waals surface area contributed by atoms with Crippen molar-refractivity contribution >= 4 is 51.7 Å². The Morgan fingerprint density at radius 3 is 2.78 bits per heavy atom. The molecule has 0 saturated carbocycles. The Kier molecular flexibility index (Phi) is 8.53. The number of pyridine rings is 3. The Hall–Kier alpha value is -3.46. The van der Waals surface area contributed by atoms with Crippen LogP contribution in [0.3, 0.4) is 0 Å². The van der Waals surface area contributed by atoms with Crippen LogP contribution in [0.1, 0.15) is 56.3 Å². The number of hydrogen-bond acceptors (Lipinski definition) is 8. The molecule has 4 heterocycles. The van der Waals surface area contributed by atoms with Crippen LogP contribution >= 0.6 is 11.6 Å². The number of carbonyl (C=O) groups is 2. The highest BCUT2D eigenvalue weighted by atomic mass is 35.5.